The van der Waals surface area contributed by atoms with Crippen molar-refractivity contribution in [2.75, 3.05) is 6.54 Å². The van der Waals surface area contributed by atoms with E-state index in [-0.39, 0.29) is 54.9 Å². The number of piperidine rings is 1. The molecule has 3 aliphatic heterocycles. The van der Waals surface area contributed by atoms with Crippen LogP contribution in [0.3, 0.4) is 0 Å². The summed E-state index contributed by atoms with van der Waals surface area (Å²) in [5.41, 5.74) is 0.682. The molecule has 6 unspecified atom stereocenters. The van der Waals surface area contributed by atoms with Crippen molar-refractivity contribution in [2.45, 2.75) is 88.5 Å². The van der Waals surface area contributed by atoms with Gasteiger partial charge in [-0.25, -0.2) is 0 Å². The van der Waals surface area contributed by atoms with Crippen LogP contribution in [0.15, 0.2) is 11.1 Å². The predicted molar refractivity (Wildman–Crippen MR) is 107 cm³/mol. The van der Waals surface area contributed by atoms with Crippen LogP contribution in [-0.4, -0.2) is 66.8 Å². The summed E-state index contributed by atoms with van der Waals surface area (Å²) >= 11 is 0. The number of amides is 2. The van der Waals surface area contributed by atoms with Gasteiger partial charge in [0.25, 0.3) is 0 Å². The highest BCUT2D eigenvalue weighted by atomic mass is 19.4. The summed E-state index contributed by atoms with van der Waals surface area (Å²) in [5, 5.41) is 23.7. The first-order valence-electron chi connectivity index (χ1n) is 10.5. The highest BCUT2D eigenvalue weighted by molar-refractivity contribution is 6.00. The number of carbonyl (C=O) groups is 2. The number of hydrogen-bond donors (Lipinski definition) is 5. The van der Waals surface area contributed by atoms with Crippen molar-refractivity contribution in [1.82, 2.24) is 26.6 Å². The Morgan fingerprint density at radius 1 is 1.32 bits per heavy atom. The molecule has 3 aliphatic rings. The van der Waals surface area contributed by atoms with Gasteiger partial charge in [0.1, 0.15) is 12.1 Å². The summed E-state index contributed by atoms with van der Waals surface area (Å²) in [6.45, 7) is 5.81. The number of piperazine rings is 1. The molecule has 0 aromatic heterocycles. The number of fused-ring (bicyclic) bond motifs is 1. The molecule has 3 heterocycles. The quantitative estimate of drug-likeness (QED) is 0.425. The van der Waals surface area contributed by atoms with E-state index in [9.17, 15) is 22.8 Å². The Morgan fingerprint density at radius 3 is 2.65 bits per heavy atom. The first-order chi connectivity index (χ1) is 14.5. The normalized spacial score (nSPS) is 34.9. The molecule has 0 aliphatic carbocycles. The molecule has 31 heavy (non-hydrogen) atoms. The monoisotopic (exact) mass is 442 g/mol. The molecule has 0 radical (unpaired) electrons. The molecule has 172 valence electrons. The van der Waals surface area contributed by atoms with E-state index in [2.05, 4.69) is 32.7 Å². The molecule has 7 atom stereocenters. The fraction of sp³-hybridized carbons (Fsp3) is 0.750. The summed E-state index contributed by atoms with van der Waals surface area (Å²) in [7, 11) is 0. The van der Waals surface area contributed by atoms with Crippen molar-refractivity contribution < 1.29 is 22.8 Å². The van der Waals surface area contributed by atoms with Gasteiger partial charge in [0, 0.05) is 42.3 Å². The lowest BCUT2D eigenvalue weighted by molar-refractivity contribution is -0.163. The minimum absolute atomic E-state index is 0.0564. The zero-order valence-corrected chi connectivity index (χ0v) is 17.8. The van der Waals surface area contributed by atoms with E-state index >= 15 is 0 Å². The van der Waals surface area contributed by atoms with Gasteiger partial charge in [0.05, 0.1) is 12.5 Å². The number of hydrogen-bond acceptors (Lipinski definition) is 6. The molecule has 0 spiro atoms. The van der Waals surface area contributed by atoms with E-state index in [1.54, 1.807) is 6.92 Å². The van der Waals surface area contributed by atoms with Crippen LogP contribution in [0.2, 0.25) is 0 Å². The fourth-order valence-electron chi connectivity index (χ4n) is 4.77. The van der Waals surface area contributed by atoms with Crippen molar-refractivity contribution in [3.8, 4) is 6.07 Å². The van der Waals surface area contributed by atoms with Gasteiger partial charge < -0.3 is 16.0 Å². The summed E-state index contributed by atoms with van der Waals surface area (Å²) in [6, 6.07) is -1.29. The molecule has 2 saturated heterocycles. The molecule has 0 aromatic rings. The van der Waals surface area contributed by atoms with E-state index in [1.807, 2.05) is 13.8 Å². The number of alkyl halides is 3. The molecule has 5 N–H and O–H groups in total. The Kier molecular flexibility index (Phi) is 6.93. The maximum absolute atomic E-state index is 13.2. The Morgan fingerprint density at radius 2 is 2.03 bits per heavy atom. The number of nitriles is 1. The summed E-state index contributed by atoms with van der Waals surface area (Å²) < 4.78 is 39.5. The molecule has 11 heteroatoms. The molecular weight excluding hydrogens is 413 g/mol. The lowest BCUT2D eigenvalue weighted by Crippen LogP contribution is -2.65. The third kappa shape index (κ3) is 5.19. The number of halogens is 3. The first-order valence-corrected chi connectivity index (χ1v) is 10.5. The Labute approximate surface area is 179 Å². The van der Waals surface area contributed by atoms with Gasteiger partial charge in [-0.1, -0.05) is 0 Å². The van der Waals surface area contributed by atoms with E-state index in [0.717, 1.165) is 0 Å². The number of nitrogens with zero attached hydrogens (tertiary/aromatic N) is 1. The highest BCUT2D eigenvalue weighted by Gasteiger charge is 2.47. The summed E-state index contributed by atoms with van der Waals surface area (Å²) in [6.07, 6.45) is -4.44. The average Bonchev–Trinajstić information content (AvgIpc) is 2.69. The van der Waals surface area contributed by atoms with Crippen LogP contribution < -0.4 is 26.6 Å². The maximum Gasteiger partial charge on any atom is 0.403 e. The lowest BCUT2D eigenvalue weighted by atomic mass is 9.83. The molecule has 2 fully saturated rings. The summed E-state index contributed by atoms with van der Waals surface area (Å²) in [4.78, 5) is 25.2. The third-order valence-corrected chi connectivity index (χ3v) is 6.46. The van der Waals surface area contributed by atoms with E-state index in [1.165, 1.54) is 0 Å². The fourth-order valence-corrected chi connectivity index (χ4v) is 4.77. The standard InChI is InChI=1S/C20H29F3N6O2/c1-9-13(19(31)28-14-4-5-15(20(21,22)23)29-17(9)14)6-16(30)27-11(3)18-10(2)26-12(7-24)8-25-18/h10-12,14-15,17-18,25-26,29H,4-6,8H2,1-3H3,(H,27,30)(H,28,31)/t10?,11-,12?,14?,15?,17?,18?/m0/s1. The van der Waals surface area contributed by atoms with Gasteiger partial charge in [0.2, 0.25) is 11.8 Å². The van der Waals surface area contributed by atoms with E-state index in [0.29, 0.717) is 12.1 Å². The lowest BCUT2D eigenvalue weighted by Gasteiger charge is -2.42. The molecule has 8 nitrogen and oxygen atoms in total. The summed E-state index contributed by atoms with van der Waals surface area (Å²) in [5.74, 6) is -0.786. The first kappa shape index (κ1) is 23.5. The van der Waals surface area contributed by atoms with Gasteiger partial charge in [-0.3, -0.25) is 20.2 Å². The van der Waals surface area contributed by atoms with Crippen molar-refractivity contribution >= 4 is 11.8 Å². The Bertz CT molecular complexity index is 793. The van der Waals surface area contributed by atoms with Gasteiger partial charge in [-0.05, 0) is 39.2 Å². The van der Waals surface area contributed by atoms with Crippen LogP contribution in [0, 0.1) is 11.3 Å². The topological polar surface area (TPSA) is 118 Å². The zero-order valence-electron chi connectivity index (χ0n) is 17.8. The minimum Gasteiger partial charge on any atom is -0.352 e. The second-order valence-corrected chi connectivity index (χ2v) is 8.66. The van der Waals surface area contributed by atoms with Crippen LogP contribution in [0.4, 0.5) is 13.2 Å². The van der Waals surface area contributed by atoms with E-state index < -0.39 is 30.2 Å². The largest absolute Gasteiger partial charge is 0.403 e. The average molecular weight is 442 g/mol. The molecule has 3 rings (SSSR count). The van der Waals surface area contributed by atoms with Crippen LogP contribution >= 0.6 is 0 Å². The SMILES string of the molecule is CC1=C(CC(=O)N[C@@H](C)C2NCC(C#N)NC2C)C(=O)NC2CCC(C(F)(F)F)NC12. The highest BCUT2D eigenvalue weighted by Crippen LogP contribution is 2.32. The minimum atomic E-state index is -4.36. The number of rotatable bonds is 4. The Hall–Kier alpha value is -2.16. The van der Waals surface area contributed by atoms with Gasteiger partial charge in [-0.15, -0.1) is 0 Å². The van der Waals surface area contributed by atoms with Gasteiger partial charge in [0.15, 0.2) is 0 Å². The van der Waals surface area contributed by atoms with Crippen LogP contribution in [0.25, 0.3) is 0 Å². The predicted octanol–water partition coefficient (Wildman–Crippen LogP) is 0.221. The van der Waals surface area contributed by atoms with Crippen LogP contribution in [-0.2, 0) is 9.59 Å². The number of nitrogens with one attached hydrogen (secondary N) is 5. The molecule has 0 bridgehead atoms. The van der Waals surface area contributed by atoms with Gasteiger partial charge >= 0.3 is 6.18 Å². The smallest absolute Gasteiger partial charge is 0.352 e. The van der Waals surface area contributed by atoms with Crippen LogP contribution in [0.1, 0.15) is 40.0 Å². The molecule has 2 amide bonds. The van der Waals surface area contributed by atoms with Crippen molar-refractivity contribution in [2.24, 2.45) is 0 Å². The maximum atomic E-state index is 13.2. The van der Waals surface area contributed by atoms with E-state index in [4.69, 9.17) is 5.26 Å². The Balaban J connectivity index is 1.64. The molecule has 0 saturated carbocycles. The van der Waals surface area contributed by atoms with Crippen molar-refractivity contribution in [1.29, 1.82) is 5.26 Å². The molecule has 0 aromatic carbocycles. The van der Waals surface area contributed by atoms with Crippen molar-refractivity contribution in [3.05, 3.63) is 11.1 Å². The van der Waals surface area contributed by atoms with Crippen molar-refractivity contribution in [3.63, 3.8) is 0 Å². The zero-order chi connectivity index (χ0) is 22.9. The van der Waals surface area contributed by atoms with Gasteiger partial charge in [-0.2, -0.15) is 18.4 Å². The third-order valence-electron chi connectivity index (χ3n) is 6.46. The number of carbonyl (C=O) groups excluding carboxylic acids is 2. The second kappa shape index (κ2) is 9.14. The second-order valence-electron chi connectivity index (χ2n) is 8.66. The van der Waals surface area contributed by atoms with Crippen LogP contribution in [0.5, 0.6) is 0 Å². The molecular formula is C20H29F3N6O2.